The number of ether oxygens (including phenoxy) is 3. The number of allylic oxidation sites excluding steroid dienone is 4. The smallest absolute Gasteiger partial charge is 0.306 e. The van der Waals surface area contributed by atoms with Gasteiger partial charge < -0.3 is 14.2 Å². The Morgan fingerprint density at radius 1 is 0.244 bits per heavy atom. The zero-order valence-electron chi connectivity index (χ0n) is 55.8. The second-order valence-electron chi connectivity index (χ2n) is 25.6. The van der Waals surface area contributed by atoms with Crippen LogP contribution in [0.2, 0.25) is 0 Å². The molecule has 1 unspecified atom stereocenters. The van der Waals surface area contributed by atoms with Gasteiger partial charge in [-0.3, -0.25) is 14.4 Å². The zero-order valence-corrected chi connectivity index (χ0v) is 55.8. The molecule has 1 atom stereocenters. The van der Waals surface area contributed by atoms with Crippen molar-refractivity contribution in [2.45, 2.75) is 431 Å². The fraction of sp³-hybridized carbons (Fsp3) is 0.908. The first-order chi connectivity index (χ1) is 40.5. The van der Waals surface area contributed by atoms with Crippen molar-refractivity contribution in [3.05, 3.63) is 24.3 Å². The molecule has 0 aliphatic rings. The molecule has 0 aliphatic carbocycles. The third-order valence-corrected chi connectivity index (χ3v) is 17.2. The minimum atomic E-state index is -0.766. The van der Waals surface area contributed by atoms with Crippen LogP contribution in [0.15, 0.2) is 24.3 Å². The van der Waals surface area contributed by atoms with E-state index in [9.17, 15) is 14.4 Å². The summed E-state index contributed by atoms with van der Waals surface area (Å²) < 4.78 is 17.0. The monoisotopic (exact) mass is 1150 g/mol. The van der Waals surface area contributed by atoms with E-state index >= 15 is 0 Å². The van der Waals surface area contributed by atoms with Gasteiger partial charge in [-0.25, -0.2) is 0 Å². The maximum atomic E-state index is 12.9. The fourth-order valence-corrected chi connectivity index (χ4v) is 11.6. The third kappa shape index (κ3) is 68.7. The predicted molar refractivity (Wildman–Crippen MR) is 358 cm³/mol. The van der Waals surface area contributed by atoms with Crippen LogP contribution in [0.3, 0.4) is 0 Å². The standard InChI is InChI=1S/C76H144O6/c1-4-7-10-13-16-19-22-25-28-30-31-32-33-34-35-36-37-38-39-40-41-42-43-44-45-46-49-51-54-57-60-63-66-69-75(78)81-72-73(71-80-74(77)68-65-62-59-56-53-50-47-27-24-21-18-15-12-9-6-3)82-76(79)70-67-64-61-58-55-52-48-29-26-23-20-17-14-11-8-5-2/h22,25,30-31,73H,4-21,23-24,26-29,32-72H2,1-3H3/b25-22-,31-30-. The normalized spacial score (nSPS) is 12.1. The van der Waals surface area contributed by atoms with E-state index < -0.39 is 6.10 Å². The van der Waals surface area contributed by atoms with Crippen LogP contribution >= 0.6 is 0 Å². The average Bonchev–Trinajstić information content (AvgIpc) is 3.47. The zero-order chi connectivity index (χ0) is 59.2. The number of unbranched alkanes of at least 4 members (excludes halogenated alkanes) is 55. The van der Waals surface area contributed by atoms with Crippen LogP contribution < -0.4 is 0 Å². The van der Waals surface area contributed by atoms with Crippen LogP contribution in [0.1, 0.15) is 425 Å². The molecule has 0 spiro atoms. The summed E-state index contributed by atoms with van der Waals surface area (Å²) in [5, 5.41) is 0. The average molecular weight is 1150 g/mol. The highest BCUT2D eigenvalue weighted by Gasteiger charge is 2.20. The quantitative estimate of drug-likeness (QED) is 0.0261. The maximum absolute atomic E-state index is 12.9. The second kappa shape index (κ2) is 71.4. The van der Waals surface area contributed by atoms with Crippen molar-refractivity contribution in [2.75, 3.05) is 13.2 Å². The Bertz CT molecular complexity index is 1320. The lowest BCUT2D eigenvalue weighted by molar-refractivity contribution is -0.167. The van der Waals surface area contributed by atoms with Crippen LogP contribution in [-0.4, -0.2) is 37.2 Å². The molecule has 0 aromatic carbocycles. The Morgan fingerprint density at radius 3 is 0.671 bits per heavy atom. The number of hydrogen-bond acceptors (Lipinski definition) is 6. The highest BCUT2D eigenvalue weighted by Crippen LogP contribution is 2.19. The van der Waals surface area contributed by atoms with Crippen LogP contribution in [0.25, 0.3) is 0 Å². The van der Waals surface area contributed by atoms with Gasteiger partial charge in [0.1, 0.15) is 13.2 Å². The largest absolute Gasteiger partial charge is 0.462 e. The molecule has 0 saturated heterocycles. The van der Waals surface area contributed by atoms with E-state index in [1.807, 2.05) is 0 Å². The van der Waals surface area contributed by atoms with Gasteiger partial charge in [0.25, 0.3) is 0 Å². The lowest BCUT2D eigenvalue weighted by Crippen LogP contribution is -2.30. The summed E-state index contributed by atoms with van der Waals surface area (Å²) in [7, 11) is 0. The number of carbonyl (C=O) groups excluding carboxylic acids is 3. The Morgan fingerprint density at radius 2 is 0.439 bits per heavy atom. The van der Waals surface area contributed by atoms with E-state index in [-0.39, 0.29) is 31.1 Å². The van der Waals surface area contributed by atoms with Gasteiger partial charge >= 0.3 is 17.9 Å². The Labute approximate surface area is 513 Å². The topological polar surface area (TPSA) is 78.9 Å². The summed E-state index contributed by atoms with van der Waals surface area (Å²) in [5.74, 6) is -0.825. The SMILES string of the molecule is CCCCCCC/C=C\C/C=C\CCCCCCCCCCCCCCCCCCCCCCCC(=O)OCC(COC(=O)CCCCCCCCCCCCCCCCC)OC(=O)CCCCCCCCCCCCCCCCCC. The predicted octanol–water partition coefficient (Wildman–Crippen LogP) is 25.7. The van der Waals surface area contributed by atoms with Gasteiger partial charge in [0.2, 0.25) is 0 Å². The second-order valence-corrected chi connectivity index (χ2v) is 25.6. The van der Waals surface area contributed by atoms with Gasteiger partial charge in [-0.2, -0.15) is 0 Å². The van der Waals surface area contributed by atoms with Crippen molar-refractivity contribution in [2.24, 2.45) is 0 Å². The summed E-state index contributed by atoms with van der Waals surface area (Å²) >= 11 is 0. The van der Waals surface area contributed by atoms with Gasteiger partial charge in [-0.1, -0.05) is 379 Å². The molecular weight excluding hydrogens is 1010 g/mol. The Kier molecular flexibility index (Phi) is 69.5. The highest BCUT2D eigenvalue weighted by atomic mass is 16.6. The molecule has 0 saturated carbocycles. The molecule has 6 heteroatoms. The minimum absolute atomic E-state index is 0.0624. The van der Waals surface area contributed by atoms with Crippen molar-refractivity contribution in [1.82, 2.24) is 0 Å². The first-order valence-corrected chi connectivity index (χ1v) is 37.3. The lowest BCUT2D eigenvalue weighted by Gasteiger charge is -2.18. The van der Waals surface area contributed by atoms with Crippen molar-refractivity contribution in [3.63, 3.8) is 0 Å². The summed E-state index contributed by atoms with van der Waals surface area (Å²) in [6, 6.07) is 0. The molecular formula is C76H144O6. The summed E-state index contributed by atoms with van der Waals surface area (Å²) in [5.41, 5.74) is 0. The maximum Gasteiger partial charge on any atom is 0.306 e. The highest BCUT2D eigenvalue weighted by molar-refractivity contribution is 5.71. The molecule has 0 bridgehead atoms. The number of hydrogen-bond donors (Lipinski definition) is 0. The van der Waals surface area contributed by atoms with Crippen LogP contribution in [0, 0.1) is 0 Å². The van der Waals surface area contributed by atoms with E-state index in [0.717, 1.165) is 64.2 Å². The molecule has 0 radical (unpaired) electrons. The molecule has 484 valence electrons. The molecule has 0 heterocycles. The van der Waals surface area contributed by atoms with Crippen molar-refractivity contribution >= 4 is 17.9 Å². The fourth-order valence-electron chi connectivity index (χ4n) is 11.6. The van der Waals surface area contributed by atoms with Crippen LogP contribution in [0.5, 0.6) is 0 Å². The number of carbonyl (C=O) groups is 3. The van der Waals surface area contributed by atoms with Crippen molar-refractivity contribution in [1.29, 1.82) is 0 Å². The first kappa shape index (κ1) is 79.9. The third-order valence-electron chi connectivity index (χ3n) is 17.2. The van der Waals surface area contributed by atoms with Crippen LogP contribution in [-0.2, 0) is 28.6 Å². The molecule has 0 amide bonds. The Balaban J connectivity index is 4.10. The van der Waals surface area contributed by atoms with E-state index in [2.05, 4.69) is 45.1 Å². The molecule has 6 nitrogen and oxygen atoms in total. The molecule has 0 N–H and O–H groups in total. The van der Waals surface area contributed by atoms with Gasteiger partial charge in [-0.15, -0.1) is 0 Å². The van der Waals surface area contributed by atoms with Gasteiger partial charge in [0.15, 0.2) is 6.10 Å². The van der Waals surface area contributed by atoms with E-state index in [1.165, 1.54) is 321 Å². The summed E-state index contributed by atoms with van der Waals surface area (Å²) in [6.07, 6.45) is 88.0. The molecule has 0 aromatic heterocycles. The summed E-state index contributed by atoms with van der Waals surface area (Å²) in [6.45, 7) is 6.72. The summed E-state index contributed by atoms with van der Waals surface area (Å²) in [4.78, 5) is 38.4. The molecule has 0 aliphatic heterocycles. The van der Waals surface area contributed by atoms with E-state index in [0.29, 0.717) is 19.3 Å². The molecule has 0 rings (SSSR count). The van der Waals surface area contributed by atoms with Gasteiger partial charge in [0.05, 0.1) is 0 Å². The van der Waals surface area contributed by atoms with E-state index in [4.69, 9.17) is 14.2 Å². The number of rotatable bonds is 70. The minimum Gasteiger partial charge on any atom is -0.462 e. The Hall–Kier alpha value is -2.11. The van der Waals surface area contributed by atoms with Crippen molar-refractivity contribution in [3.8, 4) is 0 Å². The molecule has 0 fully saturated rings. The lowest BCUT2D eigenvalue weighted by atomic mass is 10.0. The van der Waals surface area contributed by atoms with Gasteiger partial charge in [-0.05, 0) is 51.4 Å². The first-order valence-electron chi connectivity index (χ1n) is 37.3. The molecule has 0 aromatic rings. The number of esters is 3. The van der Waals surface area contributed by atoms with Crippen LogP contribution in [0.4, 0.5) is 0 Å². The van der Waals surface area contributed by atoms with E-state index in [1.54, 1.807) is 0 Å². The van der Waals surface area contributed by atoms with Gasteiger partial charge in [0, 0.05) is 19.3 Å². The molecule has 82 heavy (non-hydrogen) atoms. The van der Waals surface area contributed by atoms with Crippen molar-refractivity contribution < 1.29 is 28.6 Å².